The van der Waals surface area contributed by atoms with Crippen LogP contribution in [0.15, 0.2) is 62.5 Å². The van der Waals surface area contributed by atoms with E-state index in [1.807, 2.05) is 36.4 Å². The van der Waals surface area contributed by atoms with Gasteiger partial charge >= 0.3 is 0 Å². The van der Waals surface area contributed by atoms with Crippen LogP contribution in [-0.2, 0) is 0 Å². The molecule has 3 aromatic carbocycles. The minimum Gasteiger partial charge on any atom is -0.504 e. The first-order valence-corrected chi connectivity index (χ1v) is 8.46. The molecule has 3 nitrogen and oxygen atoms in total. The largest absolute Gasteiger partial charge is 0.504 e. The van der Waals surface area contributed by atoms with E-state index in [2.05, 4.69) is 42.9 Å². The molecule has 5 heteroatoms. The number of phenolic OH excluding ortho intramolecular Hbond substituents is 1. The highest BCUT2D eigenvalue weighted by atomic mass is 79.9. The summed E-state index contributed by atoms with van der Waals surface area (Å²) in [6, 6.07) is 15.8. The Kier molecular flexibility index (Phi) is 4.68. The van der Waals surface area contributed by atoms with Gasteiger partial charge in [0.25, 0.3) is 0 Å². The van der Waals surface area contributed by atoms with Crippen LogP contribution in [-0.4, -0.2) is 18.4 Å². The van der Waals surface area contributed by atoms with Gasteiger partial charge in [0.15, 0.2) is 11.5 Å². The van der Waals surface area contributed by atoms with Gasteiger partial charge in [0.1, 0.15) is 0 Å². The highest BCUT2D eigenvalue weighted by Gasteiger charge is 2.14. The van der Waals surface area contributed by atoms with Crippen molar-refractivity contribution in [3.8, 4) is 11.5 Å². The lowest BCUT2D eigenvalue weighted by molar-refractivity contribution is 0.372. The second-order valence-corrected chi connectivity index (χ2v) is 6.57. The van der Waals surface area contributed by atoms with Crippen LogP contribution in [0.5, 0.6) is 11.5 Å². The summed E-state index contributed by atoms with van der Waals surface area (Å²) >= 11 is 6.89. The number of aliphatic imine (C=N–C) groups is 1. The summed E-state index contributed by atoms with van der Waals surface area (Å²) < 4.78 is 6.68. The monoisotopic (exact) mass is 433 g/mol. The molecule has 0 aliphatic carbocycles. The quantitative estimate of drug-likeness (QED) is 0.527. The molecular formula is C18H13Br2NO2. The molecule has 0 aromatic heterocycles. The number of benzene rings is 3. The SMILES string of the molecule is COc1cc(Br)c(Br)c(C=Nc2ccc3ccccc3c2)c1O. The molecule has 0 atom stereocenters. The average Bonchev–Trinajstić information content (AvgIpc) is 2.58. The first-order valence-electron chi connectivity index (χ1n) is 6.88. The Morgan fingerprint density at radius 1 is 1.04 bits per heavy atom. The standard InChI is InChI=1S/C18H13Br2NO2/c1-23-16-9-15(19)17(20)14(18(16)22)10-21-13-7-6-11-4-2-3-5-12(11)8-13/h2-10,22H,1H3. The molecule has 0 spiro atoms. The van der Waals surface area contributed by atoms with Gasteiger partial charge in [-0.3, -0.25) is 4.99 Å². The van der Waals surface area contributed by atoms with E-state index in [9.17, 15) is 5.11 Å². The van der Waals surface area contributed by atoms with Crippen LogP contribution in [0.25, 0.3) is 10.8 Å². The Bertz CT molecular complexity index is 907. The molecule has 0 aliphatic rings. The van der Waals surface area contributed by atoms with Crippen molar-refractivity contribution in [2.24, 2.45) is 4.99 Å². The van der Waals surface area contributed by atoms with Crippen molar-refractivity contribution in [2.45, 2.75) is 0 Å². The molecule has 0 saturated carbocycles. The molecule has 0 bridgehead atoms. The molecule has 0 radical (unpaired) electrons. The van der Waals surface area contributed by atoms with E-state index in [4.69, 9.17) is 4.74 Å². The summed E-state index contributed by atoms with van der Waals surface area (Å²) in [5.74, 6) is 0.437. The van der Waals surface area contributed by atoms with Crippen LogP contribution in [0.1, 0.15) is 5.56 Å². The Balaban J connectivity index is 2.03. The van der Waals surface area contributed by atoms with Crippen molar-refractivity contribution in [3.63, 3.8) is 0 Å². The summed E-state index contributed by atoms with van der Waals surface area (Å²) in [5.41, 5.74) is 1.37. The fraction of sp³-hybridized carbons (Fsp3) is 0.0556. The van der Waals surface area contributed by atoms with Crippen molar-refractivity contribution in [2.75, 3.05) is 7.11 Å². The Morgan fingerprint density at radius 3 is 2.52 bits per heavy atom. The van der Waals surface area contributed by atoms with Crippen molar-refractivity contribution in [1.29, 1.82) is 0 Å². The van der Waals surface area contributed by atoms with Crippen molar-refractivity contribution in [1.82, 2.24) is 0 Å². The van der Waals surface area contributed by atoms with Gasteiger partial charge in [-0.1, -0.05) is 30.3 Å². The zero-order chi connectivity index (χ0) is 16.4. The second kappa shape index (κ2) is 6.72. The summed E-state index contributed by atoms with van der Waals surface area (Å²) in [6.45, 7) is 0. The zero-order valence-electron chi connectivity index (χ0n) is 12.3. The Morgan fingerprint density at radius 2 is 1.78 bits per heavy atom. The maximum absolute atomic E-state index is 10.3. The lowest BCUT2D eigenvalue weighted by Gasteiger charge is -2.09. The predicted octanol–water partition coefficient (Wildman–Crippen LogP) is 5.83. The highest BCUT2D eigenvalue weighted by molar-refractivity contribution is 9.13. The Hall–Kier alpha value is -1.85. The molecule has 3 aromatic rings. The third-order valence-corrected chi connectivity index (χ3v) is 5.50. The summed E-state index contributed by atoms with van der Waals surface area (Å²) in [7, 11) is 1.51. The van der Waals surface area contributed by atoms with E-state index in [0.29, 0.717) is 11.3 Å². The van der Waals surface area contributed by atoms with Gasteiger partial charge in [-0.2, -0.15) is 0 Å². The summed E-state index contributed by atoms with van der Waals surface area (Å²) in [5, 5.41) is 12.6. The molecule has 0 saturated heterocycles. The smallest absolute Gasteiger partial charge is 0.167 e. The fourth-order valence-corrected chi connectivity index (χ4v) is 3.11. The first-order chi connectivity index (χ1) is 11.1. The van der Waals surface area contributed by atoms with Gasteiger partial charge in [0.2, 0.25) is 0 Å². The lowest BCUT2D eigenvalue weighted by Crippen LogP contribution is -1.91. The molecule has 0 heterocycles. The van der Waals surface area contributed by atoms with E-state index >= 15 is 0 Å². The van der Waals surface area contributed by atoms with E-state index in [0.717, 1.165) is 20.0 Å². The van der Waals surface area contributed by atoms with Crippen LogP contribution >= 0.6 is 31.9 Å². The molecule has 0 fully saturated rings. The zero-order valence-corrected chi connectivity index (χ0v) is 15.4. The fourth-order valence-electron chi connectivity index (χ4n) is 2.28. The molecule has 0 amide bonds. The van der Waals surface area contributed by atoms with Gasteiger partial charge in [-0.05, 0) is 60.8 Å². The van der Waals surface area contributed by atoms with Crippen molar-refractivity contribution >= 4 is 54.5 Å². The number of ether oxygens (including phenoxy) is 1. The number of halogens is 2. The van der Waals surface area contributed by atoms with E-state index in [1.54, 1.807) is 12.3 Å². The maximum atomic E-state index is 10.3. The van der Waals surface area contributed by atoms with E-state index < -0.39 is 0 Å². The molecular weight excluding hydrogens is 422 g/mol. The summed E-state index contributed by atoms with van der Waals surface area (Å²) in [4.78, 5) is 4.47. The average molecular weight is 435 g/mol. The molecule has 0 aliphatic heterocycles. The maximum Gasteiger partial charge on any atom is 0.167 e. The number of fused-ring (bicyclic) bond motifs is 1. The van der Waals surface area contributed by atoms with E-state index in [-0.39, 0.29) is 5.75 Å². The number of nitrogens with zero attached hydrogens (tertiary/aromatic N) is 1. The number of methoxy groups -OCH3 is 1. The Labute approximate surface area is 150 Å². The minimum absolute atomic E-state index is 0.0483. The third kappa shape index (κ3) is 3.26. The molecule has 23 heavy (non-hydrogen) atoms. The van der Waals surface area contributed by atoms with Crippen molar-refractivity contribution < 1.29 is 9.84 Å². The molecule has 116 valence electrons. The van der Waals surface area contributed by atoms with Crippen LogP contribution < -0.4 is 4.74 Å². The molecule has 3 rings (SSSR count). The lowest BCUT2D eigenvalue weighted by atomic mass is 10.1. The summed E-state index contributed by atoms with van der Waals surface area (Å²) in [6.07, 6.45) is 1.62. The molecule has 1 N–H and O–H groups in total. The van der Waals surface area contributed by atoms with Gasteiger partial charge in [0, 0.05) is 15.2 Å². The number of rotatable bonds is 3. The van der Waals surface area contributed by atoms with Crippen LogP contribution in [0.2, 0.25) is 0 Å². The predicted molar refractivity (Wildman–Crippen MR) is 101 cm³/mol. The van der Waals surface area contributed by atoms with Gasteiger partial charge < -0.3 is 9.84 Å². The number of phenols is 1. The van der Waals surface area contributed by atoms with Crippen LogP contribution in [0.3, 0.4) is 0 Å². The highest BCUT2D eigenvalue weighted by Crippen LogP contribution is 2.39. The van der Waals surface area contributed by atoms with E-state index in [1.165, 1.54) is 12.5 Å². The number of hydrogen-bond acceptors (Lipinski definition) is 3. The minimum atomic E-state index is 0.0483. The van der Waals surface area contributed by atoms with Crippen LogP contribution in [0.4, 0.5) is 5.69 Å². The number of aromatic hydroxyl groups is 1. The molecule has 0 unspecified atom stereocenters. The van der Waals surface area contributed by atoms with Gasteiger partial charge in [-0.15, -0.1) is 0 Å². The van der Waals surface area contributed by atoms with Gasteiger partial charge in [-0.25, -0.2) is 0 Å². The number of hydrogen-bond donors (Lipinski definition) is 1. The topological polar surface area (TPSA) is 41.8 Å². The normalized spacial score (nSPS) is 11.3. The second-order valence-electron chi connectivity index (χ2n) is 4.93. The third-order valence-electron chi connectivity index (χ3n) is 3.49. The van der Waals surface area contributed by atoms with Crippen LogP contribution in [0, 0.1) is 0 Å². The first kappa shape index (κ1) is 16.0. The van der Waals surface area contributed by atoms with Crippen molar-refractivity contribution in [3.05, 3.63) is 63.0 Å². The van der Waals surface area contributed by atoms with Gasteiger partial charge in [0.05, 0.1) is 18.4 Å².